The van der Waals surface area contributed by atoms with Gasteiger partial charge in [0.15, 0.2) is 5.65 Å². The molecule has 11 heteroatoms. The lowest BCUT2D eigenvalue weighted by Gasteiger charge is -2.33. The molecule has 0 spiro atoms. The highest BCUT2D eigenvalue weighted by Gasteiger charge is 2.34. The summed E-state index contributed by atoms with van der Waals surface area (Å²) in [6.45, 7) is 7.89. The van der Waals surface area contributed by atoms with E-state index < -0.39 is 26.4 Å². The number of hydrogen-bond acceptors (Lipinski definition) is 5. The fourth-order valence-corrected chi connectivity index (χ4v) is 3.98. The van der Waals surface area contributed by atoms with Crippen LogP contribution in [0.25, 0.3) is 11.0 Å². The van der Waals surface area contributed by atoms with E-state index in [9.17, 15) is 9.18 Å². The molecule has 1 N–H and O–H groups in total. The van der Waals surface area contributed by atoms with E-state index in [2.05, 4.69) is 29.6 Å². The van der Waals surface area contributed by atoms with Gasteiger partial charge in [-0.2, -0.15) is 9.97 Å². The van der Waals surface area contributed by atoms with Gasteiger partial charge in [-0.3, -0.25) is 0 Å². The van der Waals surface area contributed by atoms with Crippen LogP contribution in [0.15, 0.2) is 12.3 Å². The highest BCUT2D eigenvalue weighted by molar-refractivity contribution is 6.76. The van der Waals surface area contributed by atoms with Gasteiger partial charge in [-0.15, -0.1) is 0 Å². The lowest BCUT2D eigenvalue weighted by molar-refractivity contribution is 0.0214. The number of halogens is 2. The molecule has 1 aliphatic rings. The molecule has 2 aromatic heterocycles. The topological polar surface area (TPSA) is 89.7 Å². The van der Waals surface area contributed by atoms with Gasteiger partial charge in [0.1, 0.15) is 19.0 Å². The minimum absolute atomic E-state index is 0.0316. The van der Waals surface area contributed by atoms with Crippen LogP contribution in [0.1, 0.15) is 6.42 Å². The smallest absolute Gasteiger partial charge is 0.407 e. The van der Waals surface area contributed by atoms with Gasteiger partial charge in [-0.25, -0.2) is 9.18 Å². The summed E-state index contributed by atoms with van der Waals surface area (Å²) in [6, 6.07) is 2.81. The lowest BCUT2D eigenvalue weighted by Crippen LogP contribution is -2.49. The second-order valence-electron chi connectivity index (χ2n) is 8.36. The number of hydrogen-bond donors (Lipinski definition) is 1. The van der Waals surface area contributed by atoms with E-state index in [0.29, 0.717) is 24.4 Å². The van der Waals surface area contributed by atoms with Crippen molar-refractivity contribution in [3.8, 4) is 5.88 Å². The second-order valence-corrected chi connectivity index (χ2v) is 14.3. The molecule has 8 nitrogen and oxygen atoms in total. The van der Waals surface area contributed by atoms with Gasteiger partial charge in [0, 0.05) is 33.8 Å². The summed E-state index contributed by atoms with van der Waals surface area (Å²) in [5.41, 5.74) is 0.523. The lowest BCUT2D eigenvalue weighted by atomic mass is 10.1. The predicted octanol–water partition coefficient (Wildman–Crippen LogP) is 3.87. The minimum atomic E-state index is -1.29. The van der Waals surface area contributed by atoms with Gasteiger partial charge in [-0.1, -0.05) is 19.6 Å². The number of nitrogens with zero attached hydrogens (tertiary/aromatic N) is 4. The van der Waals surface area contributed by atoms with E-state index in [1.54, 1.807) is 16.8 Å². The molecule has 2 aromatic rings. The van der Waals surface area contributed by atoms with Crippen molar-refractivity contribution in [2.75, 3.05) is 19.7 Å². The summed E-state index contributed by atoms with van der Waals surface area (Å²) >= 11 is 6.06. The van der Waals surface area contributed by atoms with E-state index in [0.717, 1.165) is 10.9 Å². The van der Waals surface area contributed by atoms with Crippen molar-refractivity contribution in [1.29, 1.82) is 0 Å². The number of alkyl halides is 1. The van der Waals surface area contributed by atoms with Crippen molar-refractivity contribution in [1.82, 2.24) is 19.4 Å². The molecule has 0 radical (unpaired) electrons. The van der Waals surface area contributed by atoms with Crippen LogP contribution in [0.4, 0.5) is 9.18 Å². The summed E-state index contributed by atoms with van der Waals surface area (Å²) in [6.07, 6.45) is -1.48. The summed E-state index contributed by atoms with van der Waals surface area (Å²) < 4.78 is 27.7. The number of amides is 1. The molecule has 29 heavy (non-hydrogen) atoms. The number of fused-ring (bicyclic) bond motifs is 1. The first-order valence-corrected chi connectivity index (χ1v) is 13.6. The standard InChI is InChI=1S/C18H26ClFN4O4Si/c1-29(2,3)9-8-27-11-24-6-4-12-15(24)21-17(19)22-16(12)28-14-10-23(18(25)26)7-5-13(14)20/h4,6,13-14H,5,7-11H2,1-3H3,(H,25,26)/t13-,14-/m1/s1. The fraction of sp³-hybridized carbons (Fsp3) is 0.611. The highest BCUT2D eigenvalue weighted by Crippen LogP contribution is 2.28. The van der Waals surface area contributed by atoms with Crippen LogP contribution in [-0.2, 0) is 11.5 Å². The zero-order chi connectivity index (χ0) is 21.2. The molecule has 0 unspecified atom stereocenters. The maximum Gasteiger partial charge on any atom is 0.407 e. The Hall–Kier alpha value is -1.91. The molecule has 1 amide bonds. The monoisotopic (exact) mass is 444 g/mol. The third kappa shape index (κ3) is 5.58. The van der Waals surface area contributed by atoms with E-state index >= 15 is 0 Å². The predicted molar refractivity (Wildman–Crippen MR) is 110 cm³/mol. The van der Waals surface area contributed by atoms with Crippen LogP contribution < -0.4 is 4.74 Å². The zero-order valence-electron chi connectivity index (χ0n) is 16.8. The Balaban J connectivity index is 1.75. The SMILES string of the molecule is C[Si](C)(C)CCOCn1ccc2c(O[C@@H]3CN(C(=O)O)CC[C@H]3F)nc(Cl)nc21. The van der Waals surface area contributed by atoms with Crippen LogP contribution in [0.2, 0.25) is 31.0 Å². The maximum absolute atomic E-state index is 14.3. The Morgan fingerprint density at radius 3 is 2.86 bits per heavy atom. The third-order valence-electron chi connectivity index (χ3n) is 4.80. The van der Waals surface area contributed by atoms with Crippen LogP contribution in [-0.4, -0.2) is 70.7 Å². The van der Waals surface area contributed by atoms with Crippen LogP contribution in [0.3, 0.4) is 0 Å². The molecule has 1 fully saturated rings. The van der Waals surface area contributed by atoms with Gasteiger partial charge in [0.05, 0.1) is 11.9 Å². The molecular formula is C18H26ClFN4O4Si. The molecule has 3 rings (SSSR count). The molecule has 0 saturated carbocycles. The summed E-state index contributed by atoms with van der Waals surface area (Å²) in [7, 11) is -1.18. The summed E-state index contributed by atoms with van der Waals surface area (Å²) in [4.78, 5) is 20.7. The Morgan fingerprint density at radius 1 is 1.41 bits per heavy atom. The second kappa shape index (κ2) is 8.84. The van der Waals surface area contributed by atoms with Crippen molar-refractivity contribution in [3.05, 3.63) is 17.5 Å². The largest absolute Gasteiger partial charge is 0.469 e. The Kier molecular flexibility index (Phi) is 6.64. The Labute approximate surface area is 174 Å². The van der Waals surface area contributed by atoms with Crippen molar-refractivity contribution >= 4 is 36.8 Å². The molecule has 160 valence electrons. The minimum Gasteiger partial charge on any atom is -0.469 e. The number of carbonyl (C=O) groups is 1. The molecule has 1 saturated heterocycles. The average molecular weight is 445 g/mol. The van der Waals surface area contributed by atoms with Crippen molar-refractivity contribution in [2.45, 2.75) is 51.1 Å². The fourth-order valence-electron chi connectivity index (χ4n) is 3.06. The van der Waals surface area contributed by atoms with E-state index in [4.69, 9.17) is 26.2 Å². The van der Waals surface area contributed by atoms with Gasteiger partial charge in [-0.05, 0) is 23.7 Å². The molecule has 2 atom stereocenters. The first-order chi connectivity index (χ1) is 13.6. The molecule has 3 heterocycles. The van der Waals surface area contributed by atoms with Gasteiger partial charge in [0.25, 0.3) is 0 Å². The zero-order valence-corrected chi connectivity index (χ0v) is 18.5. The first-order valence-electron chi connectivity index (χ1n) is 9.53. The molecule has 1 aliphatic heterocycles. The van der Waals surface area contributed by atoms with E-state index in [1.165, 1.54) is 0 Å². The highest BCUT2D eigenvalue weighted by atomic mass is 35.5. The first kappa shape index (κ1) is 21.8. The summed E-state index contributed by atoms with van der Waals surface area (Å²) in [5, 5.41) is 9.71. The Bertz CT molecular complexity index is 875. The van der Waals surface area contributed by atoms with Crippen LogP contribution >= 0.6 is 11.6 Å². The van der Waals surface area contributed by atoms with Gasteiger partial charge < -0.3 is 24.0 Å². The number of rotatable bonds is 7. The van der Waals surface area contributed by atoms with Gasteiger partial charge in [0.2, 0.25) is 11.2 Å². The molecule has 0 bridgehead atoms. The van der Waals surface area contributed by atoms with Crippen molar-refractivity contribution in [2.24, 2.45) is 0 Å². The number of ether oxygens (including phenoxy) is 2. The Morgan fingerprint density at radius 2 is 2.17 bits per heavy atom. The van der Waals surface area contributed by atoms with Crippen LogP contribution in [0, 0.1) is 0 Å². The van der Waals surface area contributed by atoms with Crippen molar-refractivity contribution in [3.63, 3.8) is 0 Å². The maximum atomic E-state index is 14.3. The van der Waals surface area contributed by atoms with Crippen LogP contribution in [0.5, 0.6) is 5.88 Å². The number of likely N-dealkylation sites (tertiary alicyclic amines) is 1. The normalized spacial score (nSPS) is 20.2. The number of piperidine rings is 1. The van der Waals surface area contributed by atoms with E-state index in [1.807, 2.05) is 0 Å². The molecule has 0 aromatic carbocycles. The average Bonchev–Trinajstić information content (AvgIpc) is 3.02. The van der Waals surface area contributed by atoms with E-state index in [-0.39, 0.29) is 30.7 Å². The quantitative estimate of drug-likeness (QED) is 0.396. The van der Waals surface area contributed by atoms with Gasteiger partial charge >= 0.3 is 6.09 Å². The summed E-state index contributed by atoms with van der Waals surface area (Å²) in [5.74, 6) is 0.140. The third-order valence-corrected chi connectivity index (χ3v) is 6.67. The van der Waals surface area contributed by atoms with Crippen molar-refractivity contribution < 1.29 is 23.8 Å². The molecular weight excluding hydrogens is 419 g/mol. The number of aromatic nitrogens is 3. The molecule has 0 aliphatic carbocycles. The number of carboxylic acid groups (broad SMARTS) is 1.